The summed E-state index contributed by atoms with van der Waals surface area (Å²) < 4.78 is 0. The molecule has 0 radical (unpaired) electrons. The number of hydrogen-bond donors (Lipinski definition) is 0. The fourth-order valence-corrected chi connectivity index (χ4v) is 5.01. The number of fused-ring (bicyclic) bond motifs is 2. The minimum atomic E-state index is 0. The molecule has 3 aromatic carbocycles. The standard InChI is InChI=1S/C16H14P.C9H11.2FH.Hf/c1-12-6-2-5-9-16(12)17-15-10-13-7-3-4-8-14(13)11-15;1-2-5-9-7-3-6-8(9)4-1;;;/h2-11,17H,1H3;1-2,4-6,8-9H,3,7H2;2*1H;/q2*-1;;;+4/p-2. The zero-order chi connectivity index (χ0) is 17.8. The van der Waals surface area contributed by atoms with Gasteiger partial charge in [0, 0.05) is 0 Å². The zero-order valence-electron chi connectivity index (χ0n) is 16.5. The zero-order valence-corrected chi connectivity index (χ0v) is 21.1. The van der Waals surface area contributed by atoms with E-state index in [0.29, 0.717) is 0 Å². The topological polar surface area (TPSA) is 0 Å². The molecule has 3 aromatic rings. The molecule has 5 rings (SSSR count). The largest absolute Gasteiger partial charge is 4.00 e. The number of hydrogen-bond acceptors (Lipinski definition) is 0. The predicted octanol–water partition coefficient (Wildman–Crippen LogP) is -0.155. The molecule has 0 saturated heterocycles. The average molecular weight is 573 g/mol. The summed E-state index contributed by atoms with van der Waals surface area (Å²) in [5, 5.41) is 5.58. The molecule has 3 unspecified atom stereocenters. The Hall–Kier alpha value is -1.31. The van der Waals surface area contributed by atoms with Gasteiger partial charge in [-0.1, -0.05) is 63.6 Å². The Morgan fingerprint density at radius 2 is 1.66 bits per heavy atom. The van der Waals surface area contributed by atoms with E-state index in [4.69, 9.17) is 0 Å². The summed E-state index contributed by atoms with van der Waals surface area (Å²) in [6.45, 7) is 2.19. The van der Waals surface area contributed by atoms with Gasteiger partial charge in [0.2, 0.25) is 0 Å². The van der Waals surface area contributed by atoms with Gasteiger partial charge in [-0.2, -0.15) is 12.5 Å². The number of allylic oxidation sites excluding steroid dienone is 4. The van der Waals surface area contributed by atoms with Crippen LogP contribution in [-0.2, 0) is 25.8 Å². The van der Waals surface area contributed by atoms with Crippen molar-refractivity contribution in [1.29, 1.82) is 0 Å². The Morgan fingerprint density at radius 3 is 2.41 bits per heavy atom. The number of benzene rings is 2. The summed E-state index contributed by atoms with van der Waals surface area (Å²) in [6.07, 6.45) is 14.1. The molecule has 2 aliphatic carbocycles. The second-order valence-corrected chi connectivity index (χ2v) is 8.50. The van der Waals surface area contributed by atoms with Crippen LogP contribution < -0.4 is 20.0 Å². The third kappa shape index (κ3) is 6.59. The summed E-state index contributed by atoms with van der Waals surface area (Å²) in [4.78, 5) is 0. The quantitative estimate of drug-likeness (QED) is 0.228. The molecular formula is C25H25F2HfP. The van der Waals surface area contributed by atoms with Crippen molar-refractivity contribution in [3.05, 3.63) is 97.0 Å². The van der Waals surface area contributed by atoms with E-state index in [2.05, 4.69) is 98.3 Å². The van der Waals surface area contributed by atoms with E-state index in [1.165, 1.54) is 39.8 Å². The molecule has 0 spiro atoms. The van der Waals surface area contributed by atoms with E-state index in [1.54, 1.807) is 0 Å². The number of rotatable bonds is 2. The fourth-order valence-electron chi connectivity index (χ4n) is 3.78. The van der Waals surface area contributed by atoms with Crippen molar-refractivity contribution in [2.75, 3.05) is 0 Å². The maximum atomic E-state index is 2.42. The van der Waals surface area contributed by atoms with Gasteiger partial charge in [-0.05, 0) is 23.7 Å². The van der Waals surface area contributed by atoms with Crippen LogP contribution in [0.15, 0.2) is 85.0 Å². The Labute approximate surface area is 193 Å². The van der Waals surface area contributed by atoms with Crippen LogP contribution >= 0.6 is 8.58 Å². The van der Waals surface area contributed by atoms with Crippen LogP contribution in [0.3, 0.4) is 0 Å². The van der Waals surface area contributed by atoms with Gasteiger partial charge in [0.25, 0.3) is 0 Å². The van der Waals surface area contributed by atoms with Gasteiger partial charge >= 0.3 is 25.8 Å². The maximum Gasteiger partial charge on any atom is 4.00 e. The number of halogens is 2. The van der Waals surface area contributed by atoms with Crippen molar-refractivity contribution in [2.45, 2.75) is 19.8 Å². The Balaban J connectivity index is 0.000000302. The summed E-state index contributed by atoms with van der Waals surface area (Å²) in [7, 11) is 0.759. The molecule has 0 heterocycles. The first-order chi connectivity index (χ1) is 12.8. The molecule has 2 aliphatic rings. The monoisotopic (exact) mass is 574 g/mol. The normalized spacial score (nSPS) is 18.9. The van der Waals surface area contributed by atoms with E-state index in [-0.39, 0.29) is 35.3 Å². The van der Waals surface area contributed by atoms with Crippen molar-refractivity contribution in [1.82, 2.24) is 0 Å². The van der Waals surface area contributed by atoms with E-state index < -0.39 is 0 Å². The first kappa shape index (κ1) is 25.7. The van der Waals surface area contributed by atoms with Crippen molar-refractivity contribution in [3.63, 3.8) is 0 Å². The summed E-state index contributed by atoms with van der Waals surface area (Å²) in [5.74, 6) is 1.62. The van der Waals surface area contributed by atoms with Crippen molar-refractivity contribution < 1.29 is 35.3 Å². The summed E-state index contributed by atoms with van der Waals surface area (Å²) in [5.41, 5.74) is 1.39. The van der Waals surface area contributed by atoms with Crippen molar-refractivity contribution in [2.24, 2.45) is 11.8 Å². The van der Waals surface area contributed by atoms with Crippen LogP contribution in [0, 0.1) is 25.2 Å². The fraction of sp³-hybridized carbons (Fsp3) is 0.200. The molecule has 1 fully saturated rings. The van der Waals surface area contributed by atoms with Crippen LogP contribution in [0.25, 0.3) is 10.8 Å². The Bertz CT molecular complexity index is 894. The van der Waals surface area contributed by atoms with E-state index >= 15 is 0 Å². The smallest absolute Gasteiger partial charge is 1.00 e. The number of aryl methyl sites for hydroxylation is 1. The molecule has 0 bridgehead atoms. The van der Waals surface area contributed by atoms with Crippen molar-refractivity contribution >= 4 is 30.0 Å². The van der Waals surface area contributed by atoms with Crippen LogP contribution in [0.5, 0.6) is 0 Å². The first-order valence-electron chi connectivity index (χ1n) is 9.46. The van der Waals surface area contributed by atoms with E-state index in [9.17, 15) is 0 Å². The van der Waals surface area contributed by atoms with Crippen LogP contribution in [0.4, 0.5) is 0 Å². The average Bonchev–Trinajstić information content (AvgIpc) is 3.30. The van der Waals surface area contributed by atoms with Crippen molar-refractivity contribution in [3.8, 4) is 0 Å². The third-order valence-electron chi connectivity index (χ3n) is 5.28. The van der Waals surface area contributed by atoms with Gasteiger partial charge in [0.05, 0.1) is 0 Å². The van der Waals surface area contributed by atoms with Gasteiger partial charge < -0.3 is 15.8 Å². The van der Waals surface area contributed by atoms with Gasteiger partial charge in [0.15, 0.2) is 0 Å². The minimum Gasteiger partial charge on any atom is -1.00 e. The molecule has 0 nitrogen and oxygen atoms in total. The molecule has 0 aliphatic heterocycles. The molecule has 3 atom stereocenters. The van der Waals surface area contributed by atoms with Gasteiger partial charge in [-0.3, -0.25) is 0 Å². The Morgan fingerprint density at radius 1 is 0.931 bits per heavy atom. The first-order valence-corrected chi connectivity index (χ1v) is 10.5. The van der Waals surface area contributed by atoms with Crippen LogP contribution in [0.2, 0.25) is 0 Å². The summed E-state index contributed by atoms with van der Waals surface area (Å²) in [6, 6.07) is 21.8. The second kappa shape index (κ2) is 12.4. The molecule has 1 saturated carbocycles. The molecule has 0 amide bonds. The summed E-state index contributed by atoms with van der Waals surface area (Å²) >= 11 is 0. The van der Waals surface area contributed by atoms with E-state index in [0.717, 1.165) is 20.4 Å². The molecular weight excluding hydrogens is 548 g/mol. The predicted molar refractivity (Wildman–Crippen MR) is 117 cm³/mol. The SMILES string of the molecule is C1=CC2[CH-]CCC2C=C1.Cc1ccccc1Pc1cc2ccccc2[cH-]1.[F-].[F-].[Hf+4]. The Kier molecular flexibility index (Phi) is 11.0. The van der Waals surface area contributed by atoms with Crippen LogP contribution in [-0.4, -0.2) is 0 Å². The third-order valence-corrected chi connectivity index (χ3v) is 6.69. The molecule has 148 valence electrons. The van der Waals surface area contributed by atoms with Gasteiger partial charge in [-0.25, -0.2) is 0 Å². The van der Waals surface area contributed by atoms with Gasteiger partial charge in [0.1, 0.15) is 0 Å². The van der Waals surface area contributed by atoms with Crippen LogP contribution in [0.1, 0.15) is 18.4 Å². The minimum absolute atomic E-state index is 0. The second-order valence-electron chi connectivity index (χ2n) is 7.14. The molecule has 29 heavy (non-hydrogen) atoms. The molecule has 0 N–H and O–H groups in total. The molecule has 4 heteroatoms. The van der Waals surface area contributed by atoms with E-state index in [1.807, 2.05) is 0 Å². The van der Waals surface area contributed by atoms with Gasteiger partial charge in [-0.15, -0.1) is 52.3 Å². The maximum absolute atomic E-state index is 2.42. The molecule has 0 aromatic heterocycles.